The average molecular weight is 338 g/mol. The van der Waals surface area contributed by atoms with Crippen LogP contribution in [-0.4, -0.2) is 50.1 Å². The lowest BCUT2D eigenvalue weighted by molar-refractivity contribution is -0.144. The topological polar surface area (TPSA) is 95.4 Å². The highest BCUT2D eigenvalue weighted by atomic mass is 32.1. The molecule has 3 heterocycles. The monoisotopic (exact) mass is 338 g/mol. The van der Waals surface area contributed by atoms with Crippen LogP contribution in [0, 0.1) is 5.92 Å². The number of hydrogen-bond donors (Lipinski definition) is 2. The van der Waals surface area contributed by atoms with Gasteiger partial charge in [0.2, 0.25) is 5.91 Å². The predicted molar refractivity (Wildman–Crippen MR) is 85.1 cm³/mol. The Kier molecular flexibility index (Phi) is 4.37. The summed E-state index contributed by atoms with van der Waals surface area (Å²) >= 11 is 1.43. The van der Waals surface area contributed by atoms with Gasteiger partial charge in [-0.2, -0.15) is 0 Å². The molecule has 0 radical (unpaired) electrons. The normalized spacial score (nSPS) is 24.3. The second kappa shape index (κ2) is 6.16. The molecule has 2 aliphatic heterocycles. The molecule has 3 rings (SSSR count). The number of nitrogens with one attached hydrogen (secondary N) is 1. The van der Waals surface area contributed by atoms with Gasteiger partial charge in [0, 0.05) is 26.1 Å². The van der Waals surface area contributed by atoms with Gasteiger partial charge in [-0.15, -0.1) is 5.10 Å². The zero-order chi connectivity index (χ0) is 16.6. The molecule has 1 aromatic heterocycles. The highest BCUT2D eigenvalue weighted by Gasteiger charge is 2.51. The summed E-state index contributed by atoms with van der Waals surface area (Å²) in [5.74, 6) is -1.26. The molecule has 126 valence electrons. The first-order valence-corrected chi connectivity index (χ1v) is 8.76. The zero-order valence-electron chi connectivity index (χ0n) is 13.4. The number of nitrogens with zero attached hydrogens (tertiary/aromatic N) is 3. The molecule has 2 N–H and O–H groups in total. The van der Waals surface area contributed by atoms with Crippen molar-refractivity contribution in [3.05, 3.63) is 10.6 Å². The predicted octanol–water partition coefficient (Wildman–Crippen LogP) is 1.22. The van der Waals surface area contributed by atoms with E-state index in [4.69, 9.17) is 0 Å². The maximum absolute atomic E-state index is 11.7. The van der Waals surface area contributed by atoms with Gasteiger partial charge in [-0.05, 0) is 30.3 Å². The summed E-state index contributed by atoms with van der Waals surface area (Å²) in [5.41, 5.74) is 0.486. The first-order valence-electron chi connectivity index (χ1n) is 7.98. The van der Waals surface area contributed by atoms with E-state index in [0.29, 0.717) is 18.8 Å². The lowest BCUT2D eigenvalue weighted by atomic mass is 9.77. The minimum Gasteiger partial charge on any atom is -0.481 e. The molecule has 23 heavy (non-hydrogen) atoms. The fourth-order valence-electron chi connectivity index (χ4n) is 3.67. The van der Waals surface area contributed by atoms with Crippen LogP contribution in [0.15, 0.2) is 0 Å². The summed E-state index contributed by atoms with van der Waals surface area (Å²) in [6, 6.07) is 0. The van der Waals surface area contributed by atoms with Crippen molar-refractivity contribution in [2.45, 2.75) is 51.1 Å². The number of carbonyl (C=O) groups is 2. The molecule has 0 bridgehead atoms. The molecular weight excluding hydrogens is 316 g/mol. The highest BCUT2D eigenvalue weighted by molar-refractivity contribution is 7.05. The van der Waals surface area contributed by atoms with Crippen LogP contribution >= 0.6 is 11.5 Å². The Labute approximate surface area is 139 Å². The minimum atomic E-state index is -0.870. The van der Waals surface area contributed by atoms with Crippen molar-refractivity contribution < 1.29 is 14.7 Å². The molecule has 1 aromatic rings. The Bertz CT molecular complexity index is 608. The number of amides is 1. The summed E-state index contributed by atoms with van der Waals surface area (Å²) in [4.78, 5) is 26.6. The number of hydrogen-bond acceptors (Lipinski definition) is 6. The minimum absolute atomic E-state index is 0.103. The summed E-state index contributed by atoms with van der Waals surface area (Å²) in [5, 5.41) is 16.5. The van der Waals surface area contributed by atoms with E-state index in [1.165, 1.54) is 16.4 Å². The van der Waals surface area contributed by atoms with Gasteiger partial charge in [-0.1, -0.05) is 18.3 Å². The molecule has 2 fully saturated rings. The highest BCUT2D eigenvalue weighted by Crippen LogP contribution is 2.37. The summed E-state index contributed by atoms with van der Waals surface area (Å²) in [7, 11) is 0. The van der Waals surface area contributed by atoms with Crippen LogP contribution in [-0.2, 0) is 16.1 Å². The fourth-order valence-corrected chi connectivity index (χ4v) is 4.51. The van der Waals surface area contributed by atoms with Crippen molar-refractivity contribution in [3.63, 3.8) is 0 Å². The second-order valence-electron chi connectivity index (χ2n) is 6.81. The van der Waals surface area contributed by atoms with E-state index in [1.54, 1.807) is 0 Å². The maximum Gasteiger partial charge on any atom is 0.309 e. The SMILES string of the molecule is CC(C)c1nnsc1CN1CCC2(CC1)NC(=O)C[C@@H]2C(=O)O. The first kappa shape index (κ1) is 16.3. The number of aromatic nitrogens is 2. The summed E-state index contributed by atoms with van der Waals surface area (Å²) in [6.07, 6.45) is 1.46. The molecule has 2 saturated heterocycles. The number of carboxylic acid groups (broad SMARTS) is 1. The molecular formula is C15H22N4O3S. The van der Waals surface area contributed by atoms with E-state index in [-0.39, 0.29) is 12.3 Å². The van der Waals surface area contributed by atoms with Gasteiger partial charge >= 0.3 is 5.97 Å². The number of carboxylic acids is 1. The third-order valence-corrected chi connectivity index (χ3v) is 5.71. The Morgan fingerprint density at radius 1 is 1.48 bits per heavy atom. The van der Waals surface area contributed by atoms with E-state index in [0.717, 1.165) is 25.3 Å². The number of aliphatic carboxylic acids is 1. The Hall–Kier alpha value is -1.54. The Balaban J connectivity index is 1.65. The van der Waals surface area contributed by atoms with E-state index in [9.17, 15) is 14.7 Å². The molecule has 7 nitrogen and oxygen atoms in total. The Morgan fingerprint density at radius 2 is 2.17 bits per heavy atom. The zero-order valence-corrected chi connectivity index (χ0v) is 14.2. The largest absolute Gasteiger partial charge is 0.481 e. The van der Waals surface area contributed by atoms with Crippen molar-refractivity contribution in [2.24, 2.45) is 5.92 Å². The van der Waals surface area contributed by atoms with Crippen LogP contribution in [0.3, 0.4) is 0 Å². The molecule has 0 unspecified atom stereocenters. The molecule has 1 amide bonds. The quantitative estimate of drug-likeness (QED) is 0.857. The van der Waals surface area contributed by atoms with Crippen molar-refractivity contribution in [2.75, 3.05) is 13.1 Å². The van der Waals surface area contributed by atoms with E-state index in [1.807, 2.05) is 0 Å². The van der Waals surface area contributed by atoms with Gasteiger partial charge in [-0.25, -0.2) is 0 Å². The Morgan fingerprint density at radius 3 is 2.78 bits per heavy atom. The second-order valence-corrected chi connectivity index (χ2v) is 7.65. The van der Waals surface area contributed by atoms with Crippen LogP contribution in [0.25, 0.3) is 0 Å². The standard InChI is InChI=1S/C15H22N4O3S/c1-9(2)13-11(23-18-17-13)8-19-5-3-15(4-6-19)10(14(21)22)7-12(20)16-15/h9-10H,3-8H2,1-2H3,(H,16,20)(H,21,22)/t10-/m1/s1. The average Bonchev–Trinajstić information content (AvgIpc) is 3.06. The lowest BCUT2D eigenvalue weighted by Gasteiger charge is -2.41. The third kappa shape index (κ3) is 3.10. The molecule has 1 atom stereocenters. The fraction of sp³-hybridized carbons (Fsp3) is 0.733. The molecule has 8 heteroatoms. The summed E-state index contributed by atoms with van der Waals surface area (Å²) < 4.78 is 4.06. The van der Waals surface area contributed by atoms with Gasteiger partial charge in [0.1, 0.15) is 0 Å². The van der Waals surface area contributed by atoms with E-state index >= 15 is 0 Å². The van der Waals surface area contributed by atoms with Crippen LogP contribution in [0.4, 0.5) is 0 Å². The van der Waals surface area contributed by atoms with Gasteiger partial charge in [0.15, 0.2) is 0 Å². The number of likely N-dealkylation sites (tertiary alicyclic amines) is 1. The first-order chi connectivity index (χ1) is 10.9. The molecule has 0 aromatic carbocycles. The summed E-state index contributed by atoms with van der Waals surface area (Å²) in [6.45, 7) is 6.57. The van der Waals surface area contributed by atoms with Gasteiger partial charge in [0.25, 0.3) is 0 Å². The molecule has 2 aliphatic rings. The lowest BCUT2D eigenvalue weighted by Crippen LogP contribution is -2.55. The van der Waals surface area contributed by atoms with Crippen LogP contribution in [0.5, 0.6) is 0 Å². The number of carbonyl (C=O) groups excluding carboxylic acids is 1. The molecule has 0 aliphatic carbocycles. The van der Waals surface area contributed by atoms with Crippen molar-refractivity contribution >= 4 is 23.4 Å². The van der Waals surface area contributed by atoms with Crippen LogP contribution in [0.1, 0.15) is 49.6 Å². The third-order valence-electron chi connectivity index (χ3n) is 4.99. The van der Waals surface area contributed by atoms with Crippen molar-refractivity contribution in [1.82, 2.24) is 19.8 Å². The van der Waals surface area contributed by atoms with Crippen LogP contribution < -0.4 is 5.32 Å². The van der Waals surface area contributed by atoms with Gasteiger partial charge in [-0.3, -0.25) is 14.5 Å². The number of piperidine rings is 1. The van der Waals surface area contributed by atoms with Gasteiger partial charge < -0.3 is 10.4 Å². The van der Waals surface area contributed by atoms with Gasteiger partial charge in [0.05, 0.1) is 22.0 Å². The molecule has 1 spiro atoms. The van der Waals surface area contributed by atoms with Crippen molar-refractivity contribution in [1.29, 1.82) is 0 Å². The van der Waals surface area contributed by atoms with E-state index in [2.05, 4.69) is 33.7 Å². The maximum atomic E-state index is 11.7. The van der Waals surface area contributed by atoms with E-state index < -0.39 is 17.4 Å². The van der Waals surface area contributed by atoms with Crippen molar-refractivity contribution in [3.8, 4) is 0 Å². The molecule has 0 saturated carbocycles. The van der Waals surface area contributed by atoms with Crippen LogP contribution in [0.2, 0.25) is 0 Å². The number of rotatable bonds is 4. The smallest absolute Gasteiger partial charge is 0.309 e.